The van der Waals surface area contributed by atoms with E-state index in [0.717, 1.165) is 37.0 Å². The summed E-state index contributed by atoms with van der Waals surface area (Å²) in [7, 11) is 0. The Morgan fingerprint density at radius 3 is 2.17 bits per heavy atom. The van der Waals surface area contributed by atoms with Crippen molar-refractivity contribution in [1.29, 1.82) is 0 Å². The van der Waals surface area contributed by atoms with E-state index in [0.29, 0.717) is 12.8 Å². The number of hydrogen-bond donors (Lipinski definition) is 1. The quantitative estimate of drug-likeness (QED) is 0.643. The van der Waals surface area contributed by atoms with Gasteiger partial charge in [0.15, 0.2) is 11.6 Å². The van der Waals surface area contributed by atoms with Crippen molar-refractivity contribution in [2.75, 3.05) is 0 Å². The fourth-order valence-corrected chi connectivity index (χ4v) is 5.86. The van der Waals surface area contributed by atoms with Gasteiger partial charge in [0.2, 0.25) is 5.91 Å². The summed E-state index contributed by atoms with van der Waals surface area (Å²) in [6.07, 6.45) is 12.2. The zero-order valence-corrected chi connectivity index (χ0v) is 13.6. The van der Waals surface area contributed by atoms with E-state index in [-0.39, 0.29) is 35.4 Å². The van der Waals surface area contributed by atoms with Gasteiger partial charge in [-0.1, -0.05) is 6.08 Å². The van der Waals surface area contributed by atoms with Crippen LogP contribution in [0.2, 0.25) is 0 Å². The lowest BCUT2D eigenvalue weighted by atomic mass is 9.53. The van der Waals surface area contributed by atoms with Crippen LogP contribution >= 0.6 is 0 Å². The average molecular weight is 315 g/mol. The molecule has 0 spiro atoms. The van der Waals surface area contributed by atoms with Crippen molar-refractivity contribution in [3.8, 4) is 0 Å². The van der Waals surface area contributed by atoms with Crippen molar-refractivity contribution in [3.05, 3.63) is 12.2 Å². The maximum absolute atomic E-state index is 12.4. The number of allylic oxidation sites excluding steroid dienone is 1. The van der Waals surface area contributed by atoms with Gasteiger partial charge in [-0.05, 0) is 74.7 Å². The molecule has 0 aliphatic heterocycles. The summed E-state index contributed by atoms with van der Waals surface area (Å²) in [5, 5.41) is 3.31. The van der Waals surface area contributed by atoms with E-state index in [9.17, 15) is 14.4 Å². The molecule has 1 N–H and O–H groups in total. The van der Waals surface area contributed by atoms with E-state index in [1.165, 1.54) is 19.3 Å². The average Bonchev–Trinajstić information content (AvgIpc) is 2.46. The highest BCUT2D eigenvalue weighted by atomic mass is 16.2. The van der Waals surface area contributed by atoms with E-state index in [2.05, 4.69) is 5.32 Å². The molecule has 0 aromatic heterocycles. The molecule has 5 aliphatic carbocycles. The molecule has 1 atom stereocenters. The molecule has 4 bridgehead atoms. The normalized spacial score (nSPS) is 42.4. The fraction of sp³-hybridized carbons (Fsp3) is 0.737. The second-order valence-electron chi connectivity index (χ2n) is 8.40. The second-order valence-corrected chi connectivity index (χ2v) is 8.40. The van der Waals surface area contributed by atoms with Gasteiger partial charge < -0.3 is 5.32 Å². The van der Waals surface area contributed by atoms with Crippen molar-refractivity contribution in [1.82, 2.24) is 5.32 Å². The lowest BCUT2D eigenvalue weighted by Crippen LogP contribution is -2.59. The minimum absolute atomic E-state index is 0.0173. The van der Waals surface area contributed by atoms with E-state index < -0.39 is 0 Å². The monoisotopic (exact) mass is 315 g/mol. The Morgan fingerprint density at radius 2 is 1.61 bits per heavy atom. The Morgan fingerprint density at radius 1 is 1.00 bits per heavy atom. The molecule has 5 aliphatic rings. The number of rotatable bonds is 3. The van der Waals surface area contributed by atoms with Crippen molar-refractivity contribution in [2.24, 2.45) is 23.7 Å². The minimum Gasteiger partial charge on any atom is -0.347 e. The van der Waals surface area contributed by atoms with Crippen LogP contribution in [0.4, 0.5) is 0 Å². The summed E-state index contributed by atoms with van der Waals surface area (Å²) in [6, 6.07) is 0. The first-order chi connectivity index (χ1) is 11.0. The van der Waals surface area contributed by atoms with Crippen LogP contribution in [0.1, 0.15) is 57.8 Å². The molecule has 4 nitrogen and oxygen atoms in total. The molecule has 0 aromatic carbocycles. The predicted octanol–water partition coefficient (Wildman–Crippen LogP) is 2.57. The molecule has 1 amide bonds. The standard InChI is InChI=1S/C19H25NO3/c21-16-3-1-12(8-17(16)22)2-4-18(23)20-19-9-13-5-14(10-19)7-15(6-13)11-19/h2,4,12-15H,1,3,5-11H2,(H,20,23). The smallest absolute Gasteiger partial charge is 0.244 e. The van der Waals surface area contributed by atoms with Gasteiger partial charge in [0.1, 0.15) is 0 Å². The Balaban J connectivity index is 1.36. The summed E-state index contributed by atoms with van der Waals surface area (Å²) in [5.74, 6) is 1.92. The highest BCUT2D eigenvalue weighted by molar-refractivity contribution is 6.37. The van der Waals surface area contributed by atoms with Gasteiger partial charge in [0, 0.05) is 18.4 Å². The van der Waals surface area contributed by atoms with Crippen LogP contribution in [0.3, 0.4) is 0 Å². The van der Waals surface area contributed by atoms with Crippen LogP contribution in [0.15, 0.2) is 12.2 Å². The van der Waals surface area contributed by atoms with Crippen LogP contribution < -0.4 is 5.32 Å². The van der Waals surface area contributed by atoms with E-state index >= 15 is 0 Å². The number of ketones is 2. The van der Waals surface area contributed by atoms with E-state index in [1.807, 2.05) is 6.08 Å². The summed E-state index contributed by atoms with van der Waals surface area (Å²) < 4.78 is 0. The van der Waals surface area contributed by atoms with Crippen LogP contribution in [0.25, 0.3) is 0 Å². The molecule has 0 saturated heterocycles. The van der Waals surface area contributed by atoms with E-state index in [1.54, 1.807) is 6.08 Å². The van der Waals surface area contributed by atoms with E-state index in [4.69, 9.17) is 0 Å². The summed E-state index contributed by atoms with van der Waals surface area (Å²) >= 11 is 0. The molecule has 5 rings (SSSR count). The number of hydrogen-bond acceptors (Lipinski definition) is 3. The molecule has 5 saturated carbocycles. The van der Waals surface area contributed by atoms with Gasteiger partial charge in [-0.3, -0.25) is 14.4 Å². The number of amides is 1. The predicted molar refractivity (Wildman–Crippen MR) is 85.5 cm³/mol. The van der Waals surface area contributed by atoms with Crippen molar-refractivity contribution in [2.45, 2.75) is 63.3 Å². The Bertz CT molecular complexity index is 542. The Labute approximate surface area is 137 Å². The van der Waals surface area contributed by atoms with Crippen LogP contribution in [0, 0.1) is 23.7 Å². The number of Topliss-reactive ketones (excluding diaryl/α,β-unsaturated/α-hetero) is 2. The molecule has 1 unspecified atom stereocenters. The van der Waals surface area contributed by atoms with Gasteiger partial charge in [0.25, 0.3) is 0 Å². The lowest BCUT2D eigenvalue weighted by Gasteiger charge is -2.56. The third kappa shape index (κ3) is 3.00. The van der Waals surface area contributed by atoms with Crippen LogP contribution in [-0.4, -0.2) is 23.0 Å². The van der Waals surface area contributed by atoms with Gasteiger partial charge in [-0.25, -0.2) is 0 Å². The molecule has 23 heavy (non-hydrogen) atoms. The molecule has 0 aromatic rings. The Hall–Kier alpha value is -1.45. The molecule has 124 valence electrons. The van der Waals surface area contributed by atoms with Gasteiger partial charge in [0.05, 0.1) is 0 Å². The number of nitrogens with one attached hydrogen (secondary N) is 1. The van der Waals surface area contributed by atoms with Gasteiger partial charge in [-0.15, -0.1) is 0 Å². The topological polar surface area (TPSA) is 63.2 Å². The third-order valence-corrected chi connectivity index (χ3v) is 6.45. The molecule has 4 heteroatoms. The molecular weight excluding hydrogens is 290 g/mol. The maximum Gasteiger partial charge on any atom is 0.244 e. The summed E-state index contributed by atoms with van der Waals surface area (Å²) in [4.78, 5) is 35.1. The lowest BCUT2D eigenvalue weighted by molar-refractivity contribution is -0.138. The highest BCUT2D eigenvalue weighted by Crippen LogP contribution is 2.55. The van der Waals surface area contributed by atoms with Crippen molar-refractivity contribution < 1.29 is 14.4 Å². The van der Waals surface area contributed by atoms with Gasteiger partial charge in [-0.2, -0.15) is 0 Å². The Kier molecular flexibility index (Phi) is 3.66. The molecule has 0 heterocycles. The first-order valence-electron chi connectivity index (χ1n) is 9.08. The fourth-order valence-electron chi connectivity index (χ4n) is 5.86. The molecule has 5 fully saturated rings. The molecular formula is C19H25NO3. The first-order valence-corrected chi connectivity index (χ1v) is 9.08. The maximum atomic E-state index is 12.4. The number of carbonyl (C=O) groups excluding carboxylic acids is 3. The van der Waals surface area contributed by atoms with Crippen LogP contribution in [-0.2, 0) is 14.4 Å². The zero-order chi connectivity index (χ0) is 16.0. The van der Waals surface area contributed by atoms with Crippen molar-refractivity contribution in [3.63, 3.8) is 0 Å². The van der Waals surface area contributed by atoms with Gasteiger partial charge >= 0.3 is 0 Å². The highest BCUT2D eigenvalue weighted by Gasteiger charge is 2.51. The zero-order valence-electron chi connectivity index (χ0n) is 13.6. The number of carbonyl (C=O) groups is 3. The first kappa shape index (κ1) is 15.1. The minimum atomic E-state index is -0.285. The molecule has 0 radical (unpaired) electrons. The summed E-state index contributed by atoms with van der Waals surface area (Å²) in [6.45, 7) is 0. The SMILES string of the molecule is O=C(C=CC1CCC(=O)C(=O)C1)NC12CC3CC(CC(C3)C1)C2. The van der Waals surface area contributed by atoms with Crippen molar-refractivity contribution >= 4 is 17.5 Å². The third-order valence-electron chi connectivity index (χ3n) is 6.45. The largest absolute Gasteiger partial charge is 0.347 e. The van der Waals surface area contributed by atoms with Crippen LogP contribution in [0.5, 0.6) is 0 Å². The second kappa shape index (κ2) is 5.57. The summed E-state index contributed by atoms with van der Waals surface area (Å²) in [5.41, 5.74) is 0.0362.